The quantitative estimate of drug-likeness (QED) is 0.843. The van der Waals surface area contributed by atoms with E-state index in [2.05, 4.69) is 4.98 Å². The molecule has 3 heterocycles. The number of aromatic nitrogens is 1. The third-order valence-corrected chi connectivity index (χ3v) is 6.80. The highest BCUT2D eigenvalue weighted by Crippen LogP contribution is 2.53. The predicted octanol–water partition coefficient (Wildman–Crippen LogP) is 2.34. The average Bonchev–Trinajstić information content (AvgIpc) is 3.16. The predicted molar refractivity (Wildman–Crippen MR) is 91.8 cm³/mol. The molecule has 1 saturated carbocycles. The van der Waals surface area contributed by atoms with E-state index in [1.54, 1.807) is 9.80 Å². The summed E-state index contributed by atoms with van der Waals surface area (Å²) in [6.45, 7) is 2.33. The van der Waals surface area contributed by atoms with E-state index in [0.717, 1.165) is 29.6 Å². The van der Waals surface area contributed by atoms with Crippen molar-refractivity contribution in [2.75, 3.05) is 26.2 Å². The molecule has 6 nitrogen and oxygen atoms in total. The molecule has 10 heteroatoms. The molecule has 2 aliphatic heterocycles. The Morgan fingerprint density at radius 1 is 1.30 bits per heavy atom. The lowest BCUT2D eigenvalue weighted by Crippen LogP contribution is -2.65. The number of amides is 3. The number of carbonyl (C=O) groups is 2. The van der Waals surface area contributed by atoms with Gasteiger partial charge in [0.05, 0.1) is 10.9 Å². The lowest BCUT2D eigenvalue weighted by molar-refractivity contribution is -0.140. The zero-order valence-corrected chi connectivity index (χ0v) is 15.5. The van der Waals surface area contributed by atoms with Crippen LogP contribution in [0.2, 0.25) is 0 Å². The number of urea groups is 1. The van der Waals surface area contributed by atoms with Crippen LogP contribution in [0.4, 0.5) is 18.0 Å². The molecule has 0 bridgehead atoms. The largest absolute Gasteiger partial charge is 0.434 e. The van der Waals surface area contributed by atoms with Gasteiger partial charge < -0.3 is 15.5 Å². The topological polar surface area (TPSA) is 79.5 Å². The van der Waals surface area contributed by atoms with E-state index >= 15 is 0 Å². The number of alkyl halides is 3. The van der Waals surface area contributed by atoms with Crippen molar-refractivity contribution in [1.29, 1.82) is 0 Å². The summed E-state index contributed by atoms with van der Waals surface area (Å²) in [7, 11) is 0. The van der Waals surface area contributed by atoms with E-state index in [1.165, 1.54) is 0 Å². The smallest absolute Gasteiger partial charge is 0.369 e. The van der Waals surface area contributed by atoms with Crippen molar-refractivity contribution in [1.82, 2.24) is 14.8 Å². The monoisotopic (exact) mass is 402 g/mol. The zero-order chi connectivity index (χ0) is 19.4. The second kappa shape index (κ2) is 6.35. The highest BCUT2D eigenvalue weighted by atomic mass is 32.1. The SMILES string of the molecule is NC(=O)[C@H]1CCN(C(=O)N2CC3(CC(Cc4nc(C(F)(F)F)cs4)C3)C2)C1. The molecule has 27 heavy (non-hydrogen) atoms. The van der Waals surface area contributed by atoms with Gasteiger partial charge in [-0.1, -0.05) is 0 Å². The minimum Gasteiger partial charge on any atom is -0.369 e. The molecular weight excluding hydrogens is 381 g/mol. The van der Waals surface area contributed by atoms with E-state index in [1.807, 2.05) is 0 Å². The fraction of sp³-hybridized carbons (Fsp3) is 0.706. The van der Waals surface area contributed by atoms with Gasteiger partial charge in [0.25, 0.3) is 0 Å². The third kappa shape index (κ3) is 3.51. The van der Waals surface area contributed by atoms with E-state index in [9.17, 15) is 22.8 Å². The molecule has 3 aliphatic rings. The van der Waals surface area contributed by atoms with Crippen LogP contribution in [-0.4, -0.2) is 52.9 Å². The van der Waals surface area contributed by atoms with Gasteiger partial charge in [0.15, 0.2) is 5.69 Å². The summed E-state index contributed by atoms with van der Waals surface area (Å²) in [6.07, 6.45) is -1.35. The molecule has 2 N–H and O–H groups in total. The number of primary amides is 1. The van der Waals surface area contributed by atoms with E-state index in [0.29, 0.717) is 49.9 Å². The molecule has 1 aromatic heterocycles. The van der Waals surface area contributed by atoms with Gasteiger partial charge in [0.2, 0.25) is 5.91 Å². The lowest BCUT2D eigenvalue weighted by atomic mass is 9.57. The molecule has 2 saturated heterocycles. The first-order valence-electron chi connectivity index (χ1n) is 9.00. The molecule has 3 amide bonds. The van der Waals surface area contributed by atoms with Gasteiger partial charge >= 0.3 is 12.2 Å². The highest BCUT2D eigenvalue weighted by Gasteiger charge is 2.54. The summed E-state index contributed by atoms with van der Waals surface area (Å²) in [5, 5.41) is 1.60. The Bertz CT molecular complexity index is 752. The number of hydrogen-bond acceptors (Lipinski definition) is 4. The van der Waals surface area contributed by atoms with Crippen LogP contribution in [0.3, 0.4) is 0 Å². The molecule has 4 rings (SSSR count). The van der Waals surface area contributed by atoms with Gasteiger partial charge in [-0.05, 0) is 25.2 Å². The van der Waals surface area contributed by atoms with Gasteiger partial charge in [0.1, 0.15) is 0 Å². The molecular formula is C17H21F3N4O2S. The number of thiazole rings is 1. The Balaban J connectivity index is 1.23. The number of halogens is 3. The number of nitrogens with zero attached hydrogens (tertiary/aromatic N) is 3. The Morgan fingerprint density at radius 2 is 2.00 bits per heavy atom. The average molecular weight is 402 g/mol. The lowest BCUT2D eigenvalue weighted by Gasteiger charge is -2.59. The summed E-state index contributed by atoms with van der Waals surface area (Å²) in [5.41, 5.74) is 4.61. The van der Waals surface area contributed by atoms with Gasteiger partial charge in [-0.25, -0.2) is 9.78 Å². The summed E-state index contributed by atoms with van der Waals surface area (Å²) < 4.78 is 37.8. The molecule has 1 spiro atoms. The van der Waals surface area contributed by atoms with Crippen LogP contribution in [0, 0.1) is 17.3 Å². The summed E-state index contributed by atoms with van der Waals surface area (Å²) in [5.74, 6) is -0.277. The second-order valence-corrected chi connectivity index (χ2v) is 9.02. The summed E-state index contributed by atoms with van der Waals surface area (Å²) in [4.78, 5) is 30.9. The maximum absolute atomic E-state index is 12.6. The van der Waals surface area contributed by atoms with Crippen molar-refractivity contribution in [3.63, 3.8) is 0 Å². The number of likely N-dealkylation sites (tertiary alicyclic amines) is 2. The first-order chi connectivity index (χ1) is 12.7. The fourth-order valence-corrected chi connectivity index (χ4v) is 5.53. The number of carbonyl (C=O) groups excluding carboxylic acids is 2. The Morgan fingerprint density at radius 3 is 2.56 bits per heavy atom. The molecule has 148 valence electrons. The van der Waals surface area contributed by atoms with Crippen molar-refractivity contribution < 1.29 is 22.8 Å². The van der Waals surface area contributed by atoms with Gasteiger partial charge in [-0.15, -0.1) is 11.3 Å². The molecule has 3 fully saturated rings. The Hall–Kier alpha value is -1.84. The number of rotatable bonds is 3. The maximum Gasteiger partial charge on any atom is 0.434 e. The summed E-state index contributed by atoms with van der Waals surface area (Å²) in [6, 6.07) is -0.0393. The van der Waals surface area contributed by atoms with Gasteiger partial charge in [0, 0.05) is 43.4 Å². The molecule has 1 aliphatic carbocycles. The maximum atomic E-state index is 12.6. The minimum atomic E-state index is -4.38. The van der Waals surface area contributed by atoms with Crippen molar-refractivity contribution in [2.24, 2.45) is 23.0 Å². The highest BCUT2D eigenvalue weighted by molar-refractivity contribution is 7.09. The Kier molecular flexibility index (Phi) is 4.36. The van der Waals surface area contributed by atoms with E-state index in [-0.39, 0.29) is 23.3 Å². The van der Waals surface area contributed by atoms with Crippen molar-refractivity contribution in [3.8, 4) is 0 Å². The van der Waals surface area contributed by atoms with Crippen LogP contribution in [0.5, 0.6) is 0 Å². The molecule has 0 unspecified atom stereocenters. The van der Waals surface area contributed by atoms with Crippen LogP contribution in [0.25, 0.3) is 0 Å². The second-order valence-electron chi connectivity index (χ2n) is 8.08. The van der Waals surface area contributed by atoms with Crippen molar-refractivity contribution in [2.45, 2.75) is 31.9 Å². The molecule has 1 aromatic rings. The zero-order valence-electron chi connectivity index (χ0n) is 14.7. The molecule has 0 aromatic carbocycles. The van der Waals surface area contributed by atoms with Crippen molar-refractivity contribution in [3.05, 3.63) is 16.1 Å². The van der Waals surface area contributed by atoms with Crippen LogP contribution in [0.1, 0.15) is 30.0 Å². The number of nitrogens with two attached hydrogens (primary N) is 1. The van der Waals surface area contributed by atoms with Crippen LogP contribution in [0.15, 0.2) is 5.38 Å². The normalized spacial score (nSPS) is 24.8. The third-order valence-electron chi connectivity index (χ3n) is 5.93. The van der Waals surface area contributed by atoms with Crippen LogP contribution >= 0.6 is 11.3 Å². The van der Waals surface area contributed by atoms with Gasteiger partial charge in [-0.3, -0.25) is 4.79 Å². The Labute approximate surface area is 158 Å². The number of hydrogen-bond donors (Lipinski definition) is 1. The minimum absolute atomic E-state index is 0.0393. The first kappa shape index (κ1) is 18.5. The molecule has 0 radical (unpaired) electrons. The van der Waals surface area contributed by atoms with Gasteiger partial charge in [-0.2, -0.15) is 13.2 Å². The van der Waals surface area contributed by atoms with Crippen LogP contribution < -0.4 is 5.73 Å². The standard InChI is InChI=1S/C17H21F3N4O2S/c18-17(19,20)12-7-27-13(22-12)3-10-4-16(5-10)8-24(9-16)15(26)23-2-1-11(6-23)14(21)25/h7,10-11H,1-6,8-9H2,(H2,21,25)/t11-/m0/s1. The molecule has 1 atom stereocenters. The van der Waals surface area contributed by atoms with Crippen LogP contribution in [-0.2, 0) is 17.4 Å². The van der Waals surface area contributed by atoms with Crippen molar-refractivity contribution >= 4 is 23.3 Å². The summed E-state index contributed by atoms with van der Waals surface area (Å²) >= 11 is 1.06. The fourth-order valence-electron chi connectivity index (χ4n) is 4.61. The van der Waals surface area contributed by atoms with E-state index < -0.39 is 11.9 Å². The first-order valence-corrected chi connectivity index (χ1v) is 9.88. The van der Waals surface area contributed by atoms with E-state index in [4.69, 9.17) is 5.73 Å².